The standard InChI is InChI=1S/C14H11FO/c1-10-6-11(9-16)8-12(7-10)13-4-2-3-5-14(13)15/h2-9H,1H3. The van der Waals surface area contributed by atoms with Crippen LogP contribution in [0.4, 0.5) is 4.39 Å². The zero-order chi connectivity index (χ0) is 11.5. The summed E-state index contributed by atoms with van der Waals surface area (Å²) < 4.78 is 13.6. The van der Waals surface area contributed by atoms with Crippen molar-refractivity contribution in [3.63, 3.8) is 0 Å². The Balaban J connectivity index is 2.60. The van der Waals surface area contributed by atoms with Gasteiger partial charge < -0.3 is 0 Å². The third-order valence-electron chi connectivity index (χ3n) is 2.42. The number of benzene rings is 2. The molecule has 80 valence electrons. The summed E-state index contributed by atoms with van der Waals surface area (Å²) in [4.78, 5) is 10.7. The fraction of sp³-hybridized carbons (Fsp3) is 0.0714. The highest BCUT2D eigenvalue weighted by Gasteiger charge is 2.05. The van der Waals surface area contributed by atoms with Crippen molar-refractivity contribution in [1.82, 2.24) is 0 Å². The van der Waals surface area contributed by atoms with Crippen molar-refractivity contribution in [1.29, 1.82) is 0 Å². The molecule has 0 saturated heterocycles. The minimum absolute atomic E-state index is 0.273. The molecule has 2 aromatic carbocycles. The van der Waals surface area contributed by atoms with Gasteiger partial charge in [0, 0.05) is 11.1 Å². The molecule has 0 radical (unpaired) electrons. The molecule has 0 fully saturated rings. The average Bonchev–Trinajstić information content (AvgIpc) is 2.28. The van der Waals surface area contributed by atoms with Gasteiger partial charge >= 0.3 is 0 Å². The lowest BCUT2D eigenvalue weighted by atomic mass is 10.0. The number of hydrogen-bond acceptors (Lipinski definition) is 1. The molecule has 0 unspecified atom stereocenters. The molecular weight excluding hydrogens is 203 g/mol. The number of hydrogen-bond donors (Lipinski definition) is 0. The Morgan fingerprint density at radius 2 is 1.88 bits per heavy atom. The first kappa shape index (κ1) is 10.6. The zero-order valence-electron chi connectivity index (χ0n) is 8.91. The lowest BCUT2D eigenvalue weighted by Gasteiger charge is -2.05. The predicted octanol–water partition coefficient (Wildman–Crippen LogP) is 3.61. The van der Waals surface area contributed by atoms with E-state index in [1.807, 2.05) is 13.0 Å². The molecular formula is C14H11FO. The van der Waals surface area contributed by atoms with Crippen LogP contribution in [-0.4, -0.2) is 6.29 Å². The molecule has 16 heavy (non-hydrogen) atoms. The molecule has 0 N–H and O–H groups in total. The van der Waals surface area contributed by atoms with E-state index in [4.69, 9.17) is 0 Å². The minimum Gasteiger partial charge on any atom is -0.298 e. The van der Waals surface area contributed by atoms with Crippen LogP contribution >= 0.6 is 0 Å². The van der Waals surface area contributed by atoms with Crippen LogP contribution in [0.15, 0.2) is 42.5 Å². The molecule has 2 aromatic rings. The molecule has 0 spiro atoms. The number of aryl methyl sites for hydroxylation is 1. The van der Waals surface area contributed by atoms with Gasteiger partial charge in [-0.2, -0.15) is 0 Å². The van der Waals surface area contributed by atoms with Crippen molar-refractivity contribution in [2.24, 2.45) is 0 Å². The fourth-order valence-corrected chi connectivity index (χ4v) is 1.73. The van der Waals surface area contributed by atoms with Crippen molar-refractivity contribution in [2.45, 2.75) is 6.92 Å². The van der Waals surface area contributed by atoms with Gasteiger partial charge in [-0.05, 0) is 36.2 Å². The van der Waals surface area contributed by atoms with Gasteiger partial charge in [-0.1, -0.05) is 24.3 Å². The van der Waals surface area contributed by atoms with Gasteiger partial charge in [0.15, 0.2) is 0 Å². The Morgan fingerprint density at radius 1 is 1.12 bits per heavy atom. The smallest absolute Gasteiger partial charge is 0.150 e. The van der Waals surface area contributed by atoms with E-state index in [-0.39, 0.29) is 5.82 Å². The molecule has 2 rings (SSSR count). The quantitative estimate of drug-likeness (QED) is 0.698. The fourth-order valence-electron chi connectivity index (χ4n) is 1.73. The van der Waals surface area contributed by atoms with Crippen molar-refractivity contribution >= 4 is 6.29 Å². The van der Waals surface area contributed by atoms with E-state index in [0.29, 0.717) is 11.1 Å². The normalized spacial score (nSPS) is 10.1. The summed E-state index contributed by atoms with van der Waals surface area (Å²) in [5, 5.41) is 0. The van der Waals surface area contributed by atoms with Crippen molar-refractivity contribution in [2.75, 3.05) is 0 Å². The monoisotopic (exact) mass is 214 g/mol. The average molecular weight is 214 g/mol. The van der Waals surface area contributed by atoms with Gasteiger partial charge in [0.1, 0.15) is 12.1 Å². The Labute approximate surface area is 93.5 Å². The predicted molar refractivity (Wildman–Crippen MR) is 62.0 cm³/mol. The van der Waals surface area contributed by atoms with Crippen LogP contribution in [0, 0.1) is 12.7 Å². The van der Waals surface area contributed by atoms with Gasteiger partial charge in [0.05, 0.1) is 0 Å². The number of halogens is 1. The van der Waals surface area contributed by atoms with Gasteiger partial charge in [0.25, 0.3) is 0 Å². The summed E-state index contributed by atoms with van der Waals surface area (Å²) in [5.74, 6) is -0.273. The van der Waals surface area contributed by atoms with E-state index in [1.54, 1.807) is 30.3 Å². The van der Waals surface area contributed by atoms with E-state index in [9.17, 15) is 9.18 Å². The third kappa shape index (κ3) is 2.01. The maximum atomic E-state index is 13.6. The number of carbonyl (C=O) groups excluding carboxylic acids is 1. The van der Waals surface area contributed by atoms with Crippen molar-refractivity contribution in [3.05, 3.63) is 59.4 Å². The number of rotatable bonds is 2. The molecule has 0 bridgehead atoms. The van der Waals surface area contributed by atoms with Crippen LogP contribution in [0.25, 0.3) is 11.1 Å². The Hall–Kier alpha value is -1.96. The van der Waals surface area contributed by atoms with E-state index in [0.717, 1.165) is 17.4 Å². The molecule has 0 aliphatic rings. The van der Waals surface area contributed by atoms with Crippen LogP contribution in [0.5, 0.6) is 0 Å². The van der Waals surface area contributed by atoms with E-state index in [2.05, 4.69) is 0 Å². The number of carbonyl (C=O) groups is 1. The Morgan fingerprint density at radius 3 is 2.56 bits per heavy atom. The molecule has 0 aromatic heterocycles. The second-order valence-corrected chi connectivity index (χ2v) is 3.73. The maximum absolute atomic E-state index is 13.6. The van der Waals surface area contributed by atoms with Gasteiger partial charge in [-0.15, -0.1) is 0 Å². The van der Waals surface area contributed by atoms with Crippen LogP contribution in [-0.2, 0) is 0 Å². The molecule has 0 aliphatic heterocycles. The van der Waals surface area contributed by atoms with E-state index >= 15 is 0 Å². The maximum Gasteiger partial charge on any atom is 0.150 e. The molecule has 1 nitrogen and oxygen atoms in total. The SMILES string of the molecule is Cc1cc(C=O)cc(-c2ccccc2F)c1. The molecule has 0 saturated carbocycles. The van der Waals surface area contributed by atoms with Gasteiger partial charge in [0.2, 0.25) is 0 Å². The lowest BCUT2D eigenvalue weighted by molar-refractivity contribution is 0.112. The van der Waals surface area contributed by atoms with E-state index in [1.165, 1.54) is 6.07 Å². The molecule has 2 heteroatoms. The van der Waals surface area contributed by atoms with E-state index < -0.39 is 0 Å². The summed E-state index contributed by atoms with van der Waals surface area (Å²) in [6, 6.07) is 11.9. The topological polar surface area (TPSA) is 17.1 Å². The largest absolute Gasteiger partial charge is 0.298 e. The van der Waals surface area contributed by atoms with Crippen LogP contribution in [0.1, 0.15) is 15.9 Å². The highest BCUT2D eigenvalue weighted by Crippen LogP contribution is 2.24. The van der Waals surface area contributed by atoms with Crippen LogP contribution in [0.2, 0.25) is 0 Å². The third-order valence-corrected chi connectivity index (χ3v) is 2.42. The van der Waals surface area contributed by atoms with Crippen LogP contribution < -0.4 is 0 Å². The summed E-state index contributed by atoms with van der Waals surface area (Å²) in [5.41, 5.74) is 2.77. The molecule has 0 amide bonds. The summed E-state index contributed by atoms with van der Waals surface area (Å²) >= 11 is 0. The highest BCUT2D eigenvalue weighted by atomic mass is 19.1. The molecule has 0 heterocycles. The number of aldehydes is 1. The molecule has 0 atom stereocenters. The van der Waals surface area contributed by atoms with Gasteiger partial charge in [-0.3, -0.25) is 4.79 Å². The molecule has 0 aliphatic carbocycles. The van der Waals surface area contributed by atoms with Gasteiger partial charge in [-0.25, -0.2) is 4.39 Å². The first-order valence-electron chi connectivity index (χ1n) is 5.02. The highest BCUT2D eigenvalue weighted by molar-refractivity contribution is 5.79. The summed E-state index contributed by atoms with van der Waals surface area (Å²) in [6.07, 6.45) is 0.775. The first-order chi connectivity index (χ1) is 7.70. The second-order valence-electron chi connectivity index (χ2n) is 3.73. The van der Waals surface area contributed by atoms with Crippen LogP contribution in [0.3, 0.4) is 0 Å². The summed E-state index contributed by atoms with van der Waals surface area (Å²) in [7, 11) is 0. The zero-order valence-corrected chi connectivity index (χ0v) is 8.91. The Bertz CT molecular complexity index is 532. The first-order valence-corrected chi connectivity index (χ1v) is 5.02. The van der Waals surface area contributed by atoms with Crippen molar-refractivity contribution in [3.8, 4) is 11.1 Å². The lowest BCUT2D eigenvalue weighted by Crippen LogP contribution is -1.88. The summed E-state index contributed by atoms with van der Waals surface area (Å²) in [6.45, 7) is 1.89. The van der Waals surface area contributed by atoms with Crippen molar-refractivity contribution < 1.29 is 9.18 Å². The second kappa shape index (κ2) is 4.27. The Kier molecular flexibility index (Phi) is 2.82. The minimum atomic E-state index is -0.273.